The van der Waals surface area contributed by atoms with Gasteiger partial charge in [0.15, 0.2) is 0 Å². The molecule has 0 bridgehead atoms. The maximum Gasteiger partial charge on any atom is 0.336 e. The van der Waals surface area contributed by atoms with Crippen molar-refractivity contribution in [1.29, 1.82) is 0 Å². The van der Waals surface area contributed by atoms with Crippen LogP contribution >= 0.6 is 0 Å². The van der Waals surface area contributed by atoms with Gasteiger partial charge in [0.05, 0.1) is 18.2 Å². The topological polar surface area (TPSA) is 154 Å². The third kappa shape index (κ3) is 6.96. The maximum atomic E-state index is 13.3. The first-order valence-electron chi connectivity index (χ1n) is 12.4. The Hall–Kier alpha value is -4.21. The fourth-order valence-corrected chi connectivity index (χ4v) is 4.16. The van der Waals surface area contributed by atoms with Gasteiger partial charge in [-0.15, -0.1) is 0 Å². The van der Waals surface area contributed by atoms with Crippen molar-refractivity contribution in [3.63, 3.8) is 0 Å². The van der Waals surface area contributed by atoms with E-state index in [1.54, 1.807) is 37.4 Å². The molecule has 3 aromatic carbocycles. The molecule has 0 spiro atoms. The molecular weight excluding hydrogens is 484 g/mol. The quantitative estimate of drug-likeness (QED) is 0.225. The van der Waals surface area contributed by atoms with Gasteiger partial charge in [-0.25, -0.2) is 4.79 Å². The minimum atomic E-state index is -1.24. The molecule has 38 heavy (non-hydrogen) atoms. The van der Waals surface area contributed by atoms with Gasteiger partial charge in [-0.3, -0.25) is 9.59 Å². The van der Waals surface area contributed by atoms with Crippen molar-refractivity contribution < 1.29 is 24.6 Å². The van der Waals surface area contributed by atoms with Crippen LogP contribution in [0, 0.1) is 5.92 Å². The fraction of sp³-hybridized carbons (Fsp3) is 0.276. The number of nitrogens with two attached hydrogens (primary N) is 1. The van der Waals surface area contributed by atoms with Gasteiger partial charge in [-0.05, 0) is 65.4 Å². The van der Waals surface area contributed by atoms with E-state index in [9.17, 15) is 24.6 Å². The predicted octanol–water partition coefficient (Wildman–Crippen LogP) is 3.94. The molecule has 0 aliphatic heterocycles. The molecule has 0 heterocycles. The second-order valence-electron chi connectivity index (χ2n) is 9.41. The highest BCUT2D eigenvalue weighted by atomic mass is 16.4. The first kappa shape index (κ1) is 28.4. The lowest BCUT2D eigenvalue weighted by Crippen LogP contribution is -2.38. The molecule has 0 aliphatic carbocycles. The molecule has 0 aromatic heterocycles. The van der Waals surface area contributed by atoms with Crippen molar-refractivity contribution in [2.24, 2.45) is 11.7 Å². The Labute approximate surface area is 222 Å². The first-order chi connectivity index (χ1) is 18.2. The minimum Gasteiger partial charge on any atom is -0.478 e. The van der Waals surface area contributed by atoms with Gasteiger partial charge in [0.25, 0.3) is 11.8 Å². The second-order valence-corrected chi connectivity index (χ2v) is 9.41. The Morgan fingerprint density at radius 3 is 2.08 bits per heavy atom. The third-order valence-electron chi connectivity index (χ3n) is 6.11. The fourth-order valence-electron chi connectivity index (χ4n) is 4.16. The zero-order chi connectivity index (χ0) is 27.8. The Morgan fingerprint density at radius 2 is 1.50 bits per heavy atom. The molecule has 9 heteroatoms. The molecule has 0 saturated heterocycles. The number of nitrogens with one attached hydrogen (secondary N) is 3. The van der Waals surface area contributed by atoms with Gasteiger partial charge in [-0.1, -0.05) is 38.1 Å². The number of aromatic carboxylic acids is 1. The van der Waals surface area contributed by atoms with E-state index in [2.05, 4.69) is 16.0 Å². The van der Waals surface area contributed by atoms with Gasteiger partial charge in [0.2, 0.25) is 0 Å². The SMILES string of the molecule is CNc1ccc(-c2ccc(C(=O)N[C@H](CO)CC(C)C)cc2C(=O)O)c(C(=O)Nc2ccc(CN)cc2)c1. The summed E-state index contributed by atoms with van der Waals surface area (Å²) < 4.78 is 0. The van der Waals surface area contributed by atoms with Gasteiger partial charge in [0.1, 0.15) is 0 Å². The van der Waals surface area contributed by atoms with Gasteiger partial charge >= 0.3 is 5.97 Å². The van der Waals surface area contributed by atoms with E-state index in [0.717, 1.165) is 5.56 Å². The molecule has 3 aromatic rings. The van der Waals surface area contributed by atoms with Crippen LogP contribution in [-0.4, -0.2) is 47.7 Å². The molecule has 0 fully saturated rings. The highest BCUT2D eigenvalue weighted by molar-refractivity contribution is 6.11. The average Bonchev–Trinajstić information content (AvgIpc) is 2.92. The van der Waals surface area contributed by atoms with Crippen molar-refractivity contribution in [2.45, 2.75) is 32.9 Å². The van der Waals surface area contributed by atoms with Crippen molar-refractivity contribution in [3.8, 4) is 11.1 Å². The van der Waals surface area contributed by atoms with Crippen LogP contribution in [0.15, 0.2) is 60.7 Å². The molecule has 1 atom stereocenters. The summed E-state index contributed by atoms with van der Waals surface area (Å²) in [5, 5.41) is 28.2. The number of benzene rings is 3. The summed E-state index contributed by atoms with van der Waals surface area (Å²) in [6, 6.07) is 16.1. The molecule has 2 amide bonds. The van der Waals surface area contributed by atoms with Crippen molar-refractivity contribution in [2.75, 3.05) is 24.3 Å². The van der Waals surface area contributed by atoms with Crippen molar-refractivity contribution >= 4 is 29.2 Å². The maximum absolute atomic E-state index is 13.3. The van der Waals surface area contributed by atoms with Crippen LogP contribution in [0.2, 0.25) is 0 Å². The molecule has 0 radical (unpaired) electrons. The van der Waals surface area contributed by atoms with Crippen LogP contribution in [0.1, 0.15) is 56.9 Å². The monoisotopic (exact) mass is 518 g/mol. The summed E-state index contributed by atoms with van der Waals surface area (Å²) in [7, 11) is 1.72. The van der Waals surface area contributed by atoms with Crippen LogP contribution in [0.5, 0.6) is 0 Å². The number of hydrogen-bond acceptors (Lipinski definition) is 6. The Balaban J connectivity index is 1.99. The summed E-state index contributed by atoms with van der Waals surface area (Å²) in [4.78, 5) is 38.4. The average molecular weight is 519 g/mol. The molecule has 7 N–H and O–H groups in total. The zero-order valence-electron chi connectivity index (χ0n) is 21.7. The van der Waals surface area contributed by atoms with E-state index in [1.807, 2.05) is 26.0 Å². The number of aliphatic hydroxyl groups is 1. The molecular formula is C29H34N4O5. The van der Waals surface area contributed by atoms with E-state index in [4.69, 9.17) is 5.73 Å². The van der Waals surface area contributed by atoms with Crippen molar-refractivity contribution in [3.05, 3.63) is 82.9 Å². The summed E-state index contributed by atoms with van der Waals surface area (Å²) in [6.07, 6.45) is 0.581. The molecule has 0 unspecified atom stereocenters. The van der Waals surface area contributed by atoms with Crippen molar-refractivity contribution in [1.82, 2.24) is 5.32 Å². The van der Waals surface area contributed by atoms with Crippen LogP contribution in [0.25, 0.3) is 11.1 Å². The van der Waals surface area contributed by atoms with Gasteiger partial charge in [0, 0.05) is 36.1 Å². The summed E-state index contributed by atoms with van der Waals surface area (Å²) in [5.74, 6) is -1.89. The second kappa shape index (κ2) is 12.8. The molecule has 3 rings (SSSR count). The van der Waals surface area contributed by atoms with Crippen LogP contribution in [0.4, 0.5) is 11.4 Å². The first-order valence-corrected chi connectivity index (χ1v) is 12.4. The molecule has 0 aliphatic rings. The lowest BCUT2D eigenvalue weighted by Gasteiger charge is -2.19. The van der Waals surface area contributed by atoms with E-state index >= 15 is 0 Å². The number of anilines is 2. The highest BCUT2D eigenvalue weighted by Crippen LogP contribution is 2.31. The summed E-state index contributed by atoms with van der Waals surface area (Å²) in [6.45, 7) is 4.12. The van der Waals surface area contributed by atoms with Crippen LogP contribution in [-0.2, 0) is 6.54 Å². The van der Waals surface area contributed by atoms with Gasteiger partial charge in [-0.2, -0.15) is 0 Å². The third-order valence-corrected chi connectivity index (χ3v) is 6.11. The minimum absolute atomic E-state index is 0.124. The Kier molecular flexibility index (Phi) is 9.59. The molecule has 200 valence electrons. The lowest BCUT2D eigenvalue weighted by molar-refractivity contribution is 0.0697. The molecule has 0 saturated carbocycles. The largest absolute Gasteiger partial charge is 0.478 e. The predicted molar refractivity (Wildman–Crippen MR) is 148 cm³/mol. The zero-order valence-corrected chi connectivity index (χ0v) is 21.7. The number of aliphatic hydroxyl groups excluding tert-OH is 1. The standard InChI is InChI=1S/C29H34N4O5/c1-17(2)12-22(16-34)33-27(35)19-6-10-24(26(13-19)29(37)38)23-11-9-21(31-3)14-25(23)28(36)32-20-7-4-18(15-30)5-8-20/h4-11,13-14,17,22,31,34H,12,15-16,30H2,1-3H3,(H,32,36)(H,33,35)(H,37,38)/t22-/m0/s1. The number of hydrogen-bond donors (Lipinski definition) is 6. The van der Waals surface area contributed by atoms with Crippen LogP contribution < -0.4 is 21.7 Å². The highest BCUT2D eigenvalue weighted by Gasteiger charge is 2.22. The van der Waals surface area contributed by atoms with E-state index in [1.165, 1.54) is 18.2 Å². The molecule has 9 nitrogen and oxygen atoms in total. The smallest absolute Gasteiger partial charge is 0.336 e. The van der Waals surface area contributed by atoms with E-state index in [0.29, 0.717) is 35.5 Å². The number of carbonyl (C=O) groups excluding carboxylic acids is 2. The number of rotatable bonds is 11. The Bertz CT molecular complexity index is 1300. The number of carbonyl (C=O) groups is 3. The van der Waals surface area contributed by atoms with E-state index < -0.39 is 23.8 Å². The number of carboxylic acid groups (broad SMARTS) is 1. The lowest BCUT2D eigenvalue weighted by atomic mass is 9.92. The number of amides is 2. The van der Waals surface area contributed by atoms with Crippen LogP contribution in [0.3, 0.4) is 0 Å². The Morgan fingerprint density at radius 1 is 0.868 bits per heavy atom. The summed E-state index contributed by atoms with van der Waals surface area (Å²) in [5.41, 5.74) is 8.78. The van der Waals surface area contributed by atoms with Gasteiger partial charge < -0.3 is 31.9 Å². The number of carboxylic acids is 1. The normalized spacial score (nSPS) is 11.6. The van der Waals surface area contributed by atoms with E-state index in [-0.39, 0.29) is 29.2 Å². The summed E-state index contributed by atoms with van der Waals surface area (Å²) >= 11 is 0.